The quantitative estimate of drug-likeness (QED) is 0.258. The van der Waals surface area contributed by atoms with Crippen LogP contribution in [0.25, 0.3) is 11.1 Å². The number of carbonyl (C=O) groups excluding carboxylic acids is 2. The Kier molecular flexibility index (Phi) is 7.83. The molecule has 0 amide bonds. The molecule has 0 heterocycles. The summed E-state index contributed by atoms with van der Waals surface area (Å²) in [5, 5.41) is 0. The lowest BCUT2D eigenvalue weighted by atomic mass is 10.0. The third-order valence-corrected chi connectivity index (χ3v) is 5.10. The first-order valence-electron chi connectivity index (χ1n) is 10.6. The number of ether oxygens (including phenoxy) is 2. The third-order valence-electron chi connectivity index (χ3n) is 5.10. The molecule has 1 unspecified atom stereocenters. The van der Waals surface area contributed by atoms with Gasteiger partial charge in [-0.05, 0) is 72.5 Å². The van der Waals surface area contributed by atoms with Crippen molar-refractivity contribution in [2.75, 3.05) is 6.61 Å². The average molecular weight is 427 g/mol. The molecule has 3 rings (SSSR count). The predicted octanol–water partition coefficient (Wildman–Crippen LogP) is 6.15. The molecule has 0 aliphatic rings. The van der Waals surface area contributed by atoms with Crippen LogP contribution in [0.4, 0.5) is 0 Å². The van der Waals surface area contributed by atoms with Crippen LogP contribution in [-0.4, -0.2) is 18.5 Å². The highest BCUT2D eigenvalue weighted by molar-refractivity contribution is 5.91. The van der Waals surface area contributed by atoms with E-state index in [1.54, 1.807) is 55.5 Å². The highest BCUT2D eigenvalue weighted by atomic mass is 16.5. The molecule has 0 aromatic heterocycles. The molecule has 0 aliphatic heterocycles. The van der Waals surface area contributed by atoms with Crippen LogP contribution in [0.1, 0.15) is 53.5 Å². The van der Waals surface area contributed by atoms with Crippen molar-refractivity contribution in [2.24, 2.45) is 5.92 Å². The summed E-state index contributed by atoms with van der Waals surface area (Å²) in [6, 6.07) is 21.5. The van der Waals surface area contributed by atoms with Crippen LogP contribution < -0.4 is 4.74 Å². The molecule has 0 radical (unpaired) electrons. The van der Waals surface area contributed by atoms with Crippen LogP contribution >= 0.6 is 0 Å². The molecule has 3 aromatic carbocycles. The highest BCUT2D eigenvalue weighted by Crippen LogP contribution is 2.24. The minimum Gasteiger partial charge on any atom is -0.462 e. The number of benzene rings is 3. The van der Waals surface area contributed by atoms with Crippen molar-refractivity contribution in [1.82, 2.24) is 0 Å². The molecule has 162 valence electrons. The molecule has 0 saturated carbocycles. The lowest BCUT2D eigenvalue weighted by Crippen LogP contribution is -2.11. The maximum Gasteiger partial charge on any atom is 0.343 e. The van der Waals surface area contributed by atoms with Gasteiger partial charge in [-0.15, -0.1) is 5.92 Å². The van der Waals surface area contributed by atoms with E-state index in [-0.39, 0.29) is 5.97 Å². The second kappa shape index (κ2) is 11.0. The van der Waals surface area contributed by atoms with Crippen molar-refractivity contribution in [2.45, 2.75) is 27.2 Å². The van der Waals surface area contributed by atoms with Gasteiger partial charge in [0.15, 0.2) is 0 Å². The maximum absolute atomic E-state index is 12.4. The summed E-state index contributed by atoms with van der Waals surface area (Å²) < 4.78 is 10.8. The molecule has 0 aliphatic carbocycles. The van der Waals surface area contributed by atoms with Gasteiger partial charge in [-0.2, -0.15) is 0 Å². The first-order valence-corrected chi connectivity index (χ1v) is 10.6. The van der Waals surface area contributed by atoms with Crippen molar-refractivity contribution in [3.05, 3.63) is 89.5 Å². The van der Waals surface area contributed by atoms with Gasteiger partial charge in [0.1, 0.15) is 5.75 Å². The fourth-order valence-electron chi connectivity index (χ4n) is 2.93. The molecule has 4 nitrogen and oxygen atoms in total. The summed E-state index contributed by atoms with van der Waals surface area (Å²) in [4.78, 5) is 24.5. The maximum atomic E-state index is 12.4. The van der Waals surface area contributed by atoms with Crippen LogP contribution in [0.2, 0.25) is 0 Å². The Balaban J connectivity index is 1.61. The SMILES string of the molecule is CC#Cc1ccc(C(=O)Oc2ccc(-c3ccc(C(=O)OCC(C)CC)cc3)cc2)cc1. The summed E-state index contributed by atoms with van der Waals surface area (Å²) in [5.74, 6) is 5.84. The van der Waals surface area contributed by atoms with E-state index in [4.69, 9.17) is 9.47 Å². The topological polar surface area (TPSA) is 52.6 Å². The van der Waals surface area contributed by atoms with Gasteiger partial charge in [-0.25, -0.2) is 9.59 Å². The monoisotopic (exact) mass is 426 g/mol. The van der Waals surface area contributed by atoms with Crippen molar-refractivity contribution in [3.63, 3.8) is 0 Å². The van der Waals surface area contributed by atoms with Gasteiger partial charge >= 0.3 is 11.9 Å². The lowest BCUT2D eigenvalue weighted by Gasteiger charge is -2.10. The van der Waals surface area contributed by atoms with Gasteiger partial charge in [0.25, 0.3) is 0 Å². The largest absolute Gasteiger partial charge is 0.462 e. The molecule has 0 saturated heterocycles. The molecule has 0 spiro atoms. The fourth-order valence-corrected chi connectivity index (χ4v) is 2.93. The zero-order valence-electron chi connectivity index (χ0n) is 18.6. The lowest BCUT2D eigenvalue weighted by molar-refractivity contribution is 0.0447. The van der Waals surface area contributed by atoms with E-state index in [1.165, 1.54) is 0 Å². The van der Waals surface area contributed by atoms with Gasteiger partial charge in [0.05, 0.1) is 17.7 Å². The number of rotatable bonds is 7. The molecular weight excluding hydrogens is 400 g/mol. The van der Waals surface area contributed by atoms with Crippen molar-refractivity contribution in [1.29, 1.82) is 0 Å². The van der Waals surface area contributed by atoms with Crippen molar-refractivity contribution >= 4 is 11.9 Å². The number of esters is 2. The molecule has 0 N–H and O–H groups in total. The van der Waals surface area contributed by atoms with Crippen LogP contribution in [-0.2, 0) is 4.74 Å². The van der Waals surface area contributed by atoms with Crippen LogP contribution in [0.5, 0.6) is 5.75 Å². The van der Waals surface area contributed by atoms with E-state index in [1.807, 2.05) is 24.3 Å². The summed E-state index contributed by atoms with van der Waals surface area (Å²) in [6.45, 7) is 6.31. The Bertz CT molecular complexity index is 1120. The normalized spacial score (nSPS) is 11.1. The van der Waals surface area contributed by atoms with Gasteiger partial charge in [-0.1, -0.05) is 50.5 Å². The molecule has 1 atom stereocenters. The molecular formula is C28H26O4. The minimum absolute atomic E-state index is 0.311. The average Bonchev–Trinajstić information content (AvgIpc) is 2.83. The standard InChI is InChI=1S/C28H26O4/c1-4-6-21-7-9-25(10-8-21)28(30)32-26-17-15-23(16-18-26)22-11-13-24(14-12-22)27(29)31-19-20(3)5-2/h7-18,20H,5,19H2,1-3H3. The molecule has 4 heteroatoms. The number of carbonyl (C=O) groups is 2. The van der Waals surface area contributed by atoms with Gasteiger partial charge < -0.3 is 9.47 Å². The summed E-state index contributed by atoms with van der Waals surface area (Å²) in [7, 11) is 0. The van der Waals surface area contributed by atoms with Crippen LogP contribution in [0, 0.1) is 17.8 Å². The minimum atomic E-state index is -0.422. The van der Waals surface area contributed by atoms with E-state index >= 15 is 0 Å². The second-order valence-electron chi connectivity index (χ2n) is 7.56. The van der Waals surface area contributed by atoms with Crippen LogP contribution in [0.3, 0.4) is 0 Å². The first kappa shape index (κ1) is 22.8. The Morgan fingerprint density at radius 1 is 0.812 bits per heavy atom. The predicted molar refractivity (Wildman–Crippen MR) is 126 cm³/mol. The Morgan fingerprint density at radius 3 is 1.91 bits per heavy atom. The van der Waals surface area contributed by atoms with Crippen LogP contribution in [0.15, 0.2) is 72.8 Å². The molecule has 0 fully saturated rings. The highest BCUT2D eigenvalue weighted by Gasteiger charge is 2.11. The van der Waals surface area contributed by atoms with Gasteiger partial charge in [0.2, 0.25) is 0 Å². The molecule has 3 aromatic rings. The third kappa shape index (κ3) is 6.09. The summed E-state index contributed by atoms with van der Waals surface area (Å²) in [6.07, 6.45) is 0.970. The second-order valence-corrected chi connectivity index (χ2v) is 7.56. The van der Waals surface area contributed by atoms with Crippen molar-refractivity contribution in [3.8, 4) is 28.7 Å². The van der Waals surface area contributed by atoms with E-state index < -0.39 is 5.97 Å². The van der Waals surface area contributed by atoms with E-state index in [0.717, 1.165) is 23.1 Å². The smallest absolute Gasteiger partial charge is 0.343 e. The van der Waals surface area contributed by atoms with E-state index in [9.17, 15) is 9.59 Å². The number of hydrogen-bond acceptors (Lipinski definition) is 4. The van der Waals surface area contributed by atoms with E-state index in [0.29, 0.717) is 29.4 Å². The Hall–Kier alpha value is -3.84. The Labute approximate surface area is 189 Å². The summed E-state index contributed by atoms with van der Waals surface area (Å²) in [5.41, 5.74) is 3.74. The molecule has 0 bridgehead atoms. The van der Waals surface area contributed by atoms with Crippen molar-refractivity contribution < 1.29 is 19.1 Å². The van der Waals surface area contributed by atoms with Gasteiger partial charge in [-0.3, -0.25) is 0 Å². The molecule has 32 heavy (non-hydrogen) atoms. The summed E-state index contributed by atoms with van der Waals surface area (Å²) >= 11 is 0. The van der Waals surface area contributed by atoms with Gasteiger partial charge in [0, 0.05) is 5.56 Å². The first-order chi connectivity index (χ1) is 15.5. The zero-order valence-corrected chi connectivity index (χ0v) is 18.6. The van der Waals surface area contributed by atoms with E-state index in [2.05, 4.69) is 25.7 Å². The number of hydrogen-bond donors (Lipinski definition) is 0. The Morgan fingerprint density at radius 2 is 1.34 bits per heavy atom. The zero-order chi connectivity index (χ0) is 22.9. The fraction of sp³-hybridized carbons (Fsp3) is 0.214.